The molecule has 1 aromatic rings. The van der Waals surface area contributed by atoms with E-state index < -0.39 is 6.10 Å². The monoisotopic (exact) mass is 212 g/mol. The van der Waals surface area contributed by atoms with Crippen molar-refractivity contribution in [3.63, 3.8) is 0 Å². The van der Waals surface area contributed by atoms with Gasteiger partial charge in [-0.2, -0.15) is 0 Å². The maximum Gasteiger partial charge on any atom is 0.157 e. The minimum atomic E-state index is -0.488. The molecule has 0 aliphatic carbocycles. The zero-order valence-corrected chi connectivity index (χ0v) is 8.59. The quantitative estimate of drug-likeness (QED) is 0.827. The molecule has 1 saturated heterocycles. The predicted molar refractivity (Wildman–Crippen MR) is 53.2 cm³/mol. The van der Waals surface area contributed by atoms with Gasteiger partial charge in [0.05, 0.1) is 31.8 Å². The first-order valence-electron chi connectivity index (χ1n) is 5.29. The lowest BCUT2D eigenvalue weighted by Gasteiger charge is -2.23. The van der Waals surface area contributed by atoms with Gasteiger partial charge in [-0.15, -0.1) is 0 Å². The second-order valence-corrected chi connectivity index (χ2v) is 3.67. The molecule has 0 unspecified atom stereocenters. The molecule has 0 amide bonds. The largest absolute Gasteiger partial charge is 0.472 e. The summed E-state index contributed by atoms with van der Waals surface area (Å²) in [5, 5.41) is 9.77. The zero-order valence-electron chi connectivity index (χ0n) is 8.59. The van der Waals surface area contributed by atoms with Crippen LogP contribution in [0.3, 0.4) is 0 Å². The van der Waals surface area contributed by atoms with Crippen LogP contribution in [0, 0.1) is 0 Å². The lowest BCUT2D eigenvalue weighted by atomic mass is 10.1. The SMILES string of the molecule is O[C@H](CCC1OCCCO1)c1ccoc1. The number of aliphatic hydroxyl groups is 1. The fourth-order valence-electron chi connectivity index (χ4n) is 1.63. The van der Waals surface area contributed by atoms with Crippen LogP contribution in [0.4, 0.5) is 0 Å². The summed E-state index contributed by atoms with van der Waals surface area (Å²) in [7, 11) is 0. The minimum Gasteiger partial charge on any atom is -0.472 e. The van der Waals surface area contributed by atoms with Gasteiger partial charge in [-0.25, -0.2) is 0 Å². The maximum absolute atomic E-state index is 9.77. The van der Waals surface area contributed by atoms with E-state index in [9.17, 15) is 5.11 Å². The number of aliphatic hydroxyl groups excluding tert-OH is 1. The van der Waals surface area contributed by atoms with Crippen molar-refractivity contribution in [2.24, 2.45) is 0 Å². The summed E-state index contributed by atoms with van der Waals surface area (Å²) in [5.41, 5.74) is 0.811. The minimum absolute atomic E-state index is 0.152. The van der Waals surface area contributed by atoms with Gasteiger partial charge in [0, 0.05) is 12.0 Å². The van der Waals surface area contributed by atoms with Gasteiger partial charge in [0.15, 0.2) is 6.29 Å². The molecule has 1 fully saturated rings. The third-order valence-electron chi connectivity index (χ3n) is 2.50. The molecule has 2 heterocycles. The Morgan fingerprint density at radius 2 is 2.20 bits per heavy atom. The van der Waals surface area contributed by atoms with Crippen LogP contribution in [0.5, 0.6) is 0 Å². The van der Waals surface area contributed by atoms with E-state index >= 15 is 0 Å². The summed E-state index contributed by atoms with van der Waals surface area (Å²) in [6, 6.07) is 1.77. The normalized spacial score (nSPS) is 20.3. The molecule has 1 aromatic heterocycles. The third-order valence-corrected chi connectivity index (χ3v) is 2.50. The van der Waals surface area contributed by atoms with Gasteiger partial charge in [0.25, 0.3) is 0 Å². The number of hydrogen-bond acceptors (Lipinski definition) is 4. The fourth-order valence-corrected chi connectivity index (χ4v) is 1.63. The Balaban J connectivity index is 1.73. The molecule has 0 radical (unpaired) electrons. The Labute approximate surface area is 88.8 Å². The Morgan fingerprint density at radius 1 is 1.40 bits per heavy atom. The maximum atomic E-state index is 9.77. The van der Waals surface area contributed by atoms with E-state index in [-0.39, 0.29) is 6.29 Å². The molecule has 0 aromatic carbocycles. The van der Waals surface area contributed by atoms with Gasteiger partial charge in [0.1, 0.15) is 0 Å². The molecule has 15 heavy (non-hydrogen) atoms. The number of ether oxygens (including phenoxy) is 2. The van der Waals surface area contributed by atoms with Gasteiger partial charge < -0.3 is 19.0 Å². The van der Waals surface area contributed by atoms with Gasteiger partial charge in [-0.05, 0) is 18.9 Å². The third kappa shape index (κ3) is 3.06. The van der Waals surface area contributed by atoms with Crippen LogP contribution in [0.1, 0.15) is 30.9 Å². The zero-order chi connectivity index (χ0) is 10.5. The molecule has 2 rings (SSSR count). The van der Waals surface area contributed by atoms with Gasteiger partial charge in [0.2, 0.25) is 0 Å². The topological polar surface area (TPSA) is 51.8 Å². The van der Waals surface area contributed by atoms with E-state index in [1.54, 1.807) is 18.6 Å². The van der Waals surface area contributed by atoms with E-state index in [0.29, 0.717) is 12.8 Å². The van der Waals surface area contributed by atoms with Gasteiger partial charge in [-0.3, -0.25) is 0 Å². The Bertz CT molecular complexity index is 264. The van der Waals surface area contributed by atoms with E-state index in [0.717, 1.165) is 25.2 Å². The molecule has 1 aliphatic rings. The number of rotatable bonds is 4. The molecular weight excluding hydrogens is 196 g/mol. The van der Waals surface area contributed by atoms with Crippen LogP contribution in [0.25, 0.3) is 0 Å². The van der Waals surface area contributed by atoms with Crippen LogP contribution in [-0.4, -0.2) is 24.6 Å². The predicted octanol–water partition coefficient (Wildman–Crippen LogP) is 1.86. The standard InChI is InChI=1S/C11H16O4/c12-10(9-4-7-13-8-9)2-3-11-14-5-1-6-15-11/h4,7-8,10-12H,1-3,5-6H2/t10-/m1/s1. The van der Waals surface area contributed by atoms with Crippen LogP contribution in [0.2, 0.25) is 0 Å². The summed E-state index contributed by atoms with van der Waals surface area (Å²) in [4.78, 5) is 0. The first-order chi connectivity index (χ1) is 7.36. The van der Waals surface area contributed by atoms with Crippen molar-refractivity contribution in [3.8, 4) is 0 Å². The highest BCUT2D eigenvalue weighted by Gasteiger charge is 2.17. The van der Waals surface area contributed by atoms with Crippen molar-refractivity contribution in [2.75, 3.05) is 13.2 Å². The molecular formula is C11H16O4. The van der Waals surface area contributed by atoms with Crippen LogP contribution >= 0.6 is 0 Å². The highest BCUT2D eigenvalue weighted by Crippen LogP contribution is 2.21. The molecule has 0 saturated carbocycles. The summed E-state index contributed by atoms with van der Waals surface area (Å²) in [6.07, 6.45) is 4.79. The van der Waals surface area contributed by atoms with Crippen LogP contribution < -0.4 is 0 Å². The second kappa shape index (κ2) is 5.30. The van der Waals surface area contributed by atoms with Crippen molar-refractivity contribution in [1.82, 2.24) is 0 Å². The first kappa shape index (κ1) is 10.7. The fraction of sp³-hybridized carbons (Fsp3) is 0.636. The van der Waals surface area contributed by atoms with Gasteiger partial charge >= 0.3 is 0 Å². The molecule has 0 bridgehead atoms. The lowest BCUT2D eigenvalue weighted by molar-refractivity contribution is -0.183. The van der Waals surface area contributed by atoms with Crippen molar-refractivity contribution in [2.45, 2.75) is 31.7 Å². The molecule has 0 spiro atoms. The average Bonchev–Trinajstić information content (AvgIpc) is 2.81. The van der Waals surface area contributed by atoms with E-state index in [1.165, 1.54) is 0 Å². The average molecular weight is 212 g/mol. The highest BCUT2D eigenvalue weighted by molar-refractivity contribution is 5.08. The smallest absolute Gasteiger partial charge is 0.157 e. The Morgan fingerprint density at radius 3 is 2.87 bits per heavy atom. The molecule has 4 heteroatoms. The van der Waals surface area contributed by atoms with E-state index in [1.807, 2.05) is 0 Å². The second-order valence-electron chi connectivity index (χ2n) is 3.67. The first-order valence-corrected chi connectivity index (χ1v) is 5.29. The molecule has 1 aliphatic heterocycles. The Hall–Kier alpha value is -0.840. The number of furan rings is 1. The van der Waals surface area contributed by atoms with Crippen molar-refractivity contribution < 1.29 is 19.0 Å². The summed E-state index contributed by atoms with van der Waals surface area (Å²) < 4.78 is 15.7. The highest BCUT2D eigenvalue weighted by atomic mass is 16.7. The lowest BCUT2D eigenvalue weighted by Crippen LogP contribution is -2.25. The van der Waals surface area contributed by atoms with Crippen LogP contribution in [-0.2, 0) is 9.47 Å². The summed E-state index contributed by atoms with van der Waals surface area (Å²) in [6.45, 7) is 1.51. The number of hydrogen-bond donors (Lipinski definition) is 1. The molecule has 1 N–H and O–H groups in total. The van der Waals surface area contributed by atoms with Crippen molar-refractivity contribution >= 4 is 0 Å². The molecule has 1 atom stereocenters. The van der Waals surface area contributed by atoms with E-state index in [4.69, 9.17) is 13.9 Å². The van der Waals surface area contributed by atoms with Crippen molar-refractivity contribution in [1.29, 1.82) is 0 Å². The molecule has 4 nitrogen and oxygen atoms in total. The van der Waals surface area contributed by atoms with Gasteiger partial charge in [-0.1, -0.05) is 0 Å². The molecule has 84 valence electrons. The Kier molecular flexibility index (Phi) is 3.77. The summed E-state index contributed by atoms with van der Waals surface area (Å²) >= 11 is 0. The van der Waals surface area contributed by atoms with Crippen molar-refractivity contribution in [3.05, 3.63) is 24.2 Å². The van der Waals surface area contributed by atoms with E-state index in [2.05, 4.69) is 0 Å². The van der Waals surface area contributed by atoms with Crippen LogP contribution in [0.15, 0.2) is 23.0 Å². The summed E-state index contributed by atoms with van der Waals surface area (Å²) in [5.74, 6) is 0.